The van der Waals surface area contributed by atoms with Gasteiger partial charge in [0.25, 0.3) is 0 Å². The predicted molar refractivity (Wildman–Crippen MR) is 77.8 cm³/mol. The van der Waals surface area contributed by atoms with Gasteiger partial charge in [0.15, 0.2) is 0 Å². The summed E-state index contributed by atoms with van der Waals surface area (Å²) in [6.45, 7) is 12.6. The first-order chi connectivity index (χ1) is 8.67. The lowest BCUT2D eigenvalue weighted by Gasteiger charge is -2.53. The van der Waals surface area contributed by atoms with Crippen LogP contribution in [0.25, 0.3) is 0 Å². The highest BCUT2D eigenvalue weighted by Crippen LogP contribution is 2.57. The van der Waals surface area contributed by atoms with Gasteiger partial charge in [0.2, 0.25) is 0 Å². The first kappa shape index (κ1) is 14.6. The molecule has 108 valence electrons. The molecule has 0 bridgehead atoms. The fourth-order valence-electron chi connectivity index (χ4n) is 3.72. The van der Waals surface area contributed by atoms with E-state index in [1.807, 2.05) is 13.8 Å². The van der Waals surface area contributed by atoms with Gasteiger partial charge in [-0.2, -0.15) is 0 Å². The molecule has 0 saturated carbocycles. The molecule has 0 aromatic carbocycles. The van der Waals surface area contributed by atoms with Crippen molar-refractivity contribution in [2.24, 2.45) is 17.3 Å². The third-order valence-electron chi connectivity index (χ3n) is 5.28. The topological polar surface area (TPSA) is 26.3 Å². The van der Waals surface area contributed by atoms with Gasteiger partial charge in [-0.3, -0.25) is 4.79 Å². The normalized spacial score (nSPS) is 31.0. The van der Waals surface area contributed by atoms with Crippen LogP contribution >= 0.6 is 0 Å². The molecule has 2 rings (SSSR count). The summed E-state index contributed by atoms with van der Waals surface area (Å²) in [7, 11) is 0. The number of allylic oxidation sites excluding steroid dienone is 1. The van der Waals surface area contributed by atoms with Crippen molar-refractivity contribution < 1.29 is 9.53 Å². The van der Waals surface area contributed by atoms with Crippen LogP contribution in [-0.2, 0) is 9.53 Å². The highest BCUT2D eigenvalue weighted by Gasteiger charge is 2.52. The molecule has 19 heavy (non-hydrogen) atoms. The molecule has 2 aliphatic rings. The van der Waals surface area contributed by atoms with E-state index in [0.717, 1.165) is 6.42 Å². The van der Waals surface area contributed by atoms with Crippen LogP contribution in [0.4, 0.5) is 0 Å². The lowest BCUT2D eigenvalue weighted by atomic mass is 9.55. The van der Waals surface area contributed by atoms with E-state index in [1.54, 1.807) is 11.1 Å². The lowest BCUT2D eigenvalue weighted by molar-refractivity contribution is -0.173. The second-order valence-electron chi connectivity index (χ2n) is 7.51. The largest absolute Gasteiger partial charge is 0.459 e. The van der Waals surface area contributed by atoms with Crippen molar-refractivity contribution in [3.8, 4) is 0 Å². The Balaban J connectivity index is 2.27. The smallest absolute Gasteiger partial charge is 0.308 e. The number of esters is 1. The summed E-state index contributed by atoms with van der Waals surface area (Å²) in [6.07, 6.45) is 4.83. The number of hydrogen-bond acceptors (Lipinski definition) is 2. The molecule has 0 aromatic rings. The van der Waals surface area contributed by atoms with Crippen LogP contribution in [0.5, 0.6) is 0 Å². The van der Waals surface area contributed by atoms with Gasteiger partial charge in [-0.1, -0.05) is 38.8 Å². The van der Waals surface area contributed by atoms with E-state index in [-0.39, 0.29) is 17.3 Å². The maximum Gasteiger partial charge on any atom is 0.308 e. The molecule has 0 aliphatic heterocycles. The summed E-state index contributed by atoms with van der Waals surface area (Å²) in [6, 6.07) is 0. The zero-order valence-corrected chi connectivity index (χ0v) is 13.3. The predicted octanol–water partition coefficient (Wildman–Crippen LogP) is 4.49. The summed E-state index contributed by atoms with van der Waals surface area (Å²) in [5.74, 6) is 0.561. The summed E-state index contributed by atoms with van der Waals surface area (Å²) in [5.41, 5.74) is 2.81. The van der Waals surface area contributed by atoms with Gasteiger partial charge < -0.3 is 4.74 Å². The molecule has 0 N–H and O–H groups in total. The number of hydrogen-bond donors (Lipinski definition) is 0. The van der Waals surface area contributed by atoms with Gasteiger partial charge >= 0.3 is 5.97 Å². The maximum atomic E-state index is 12.0. The zero-order valence-electron chi connectivity index (χ0n) is 13.3. The Morgan fingerprint density at radius 2 is 2.00 bits per heavy atom. The molecule has 0 spiro atoms. The van der Waals surface area contributed by atoms with E-state index in [0.29, 0.717) is 5.92 Å². The quantitative estimate of drug-likeness (QED) is 0.554. The van der Waals surface area contributed by atoms with Crippen LogP contribution in [0, 0.1) is 17.3 Å². The van der Waals surface area contributed by atoms with Gasteiger partial charge in [-0.15, -0.1) is 0 Å². The van der Waals surface area contributed by atoms with Crippen molar-refractivity contribution in [2.45, 2.75) is 72.8 Å². The third kappa shape index (κ3) is 2.34. The second kappa shape index (κ2) is 4.64. The molecule has 0 fully saturated rings. The lowest BCUT2D eigenvalue weighted by Crippen LogP contribution is -2.51. The molecule has 0 amide bonds. The van der Waals surface area contributed by atoms with Crippen LogP contribution in [-0.4, -0.2) is 11.6 Å². The van der Waals surface area contributed by atoms with E-state index < -0.39 is 5.60 Å². The number of ether oxygens (including phenoxy) is 1. The van der Waals surface area contributed by atoms with Gasteiger partial charge in [-0.05, 0) is 45.4 Å². The number of carbonyl (C=O) groups is 1. The van der Waals surface area contributed by atoms with E-state index >= 15 is 0 Å². The molecule has 2 heteroatoms. The highest BCUT2D eigenvalue weighted by atomic mass is 16.6. The van der Waals surface area contributed by atoms with Crippen LogP contribution in [0.15, 0.2) is 11.1 Å². The molecule has 0 aromatic heterocycles. The van der Waals surface area contributed by atoms with Crippen LogP contribution < -0.4 is 0 Å². The Morgan fingerprint density at radius 3 is 2.47 bits per heavy atom. The van der Waals surface area contributed by atoms with Crippen molar-refractivity contribution in [3.63, 3.8) is 0 Å². The first-order valence-corrected chi connectivity index (χ1v) is 7.61. The summed E-state index contributed by atoms with van der Waals surface area (Å²) < 4.78 is 5.87. The highest BCUT2D eigenvalue weighted by molar-refractivity contribution is 5.72. The van der Waals surface area contributed by atoms with Gasteiger partial charge in [-0.25, -0.2) is 0 Å². The minimum Gasteiger partial charge on any atom is -0.459 e. The minimum atomic E-state index is -0.413. The Labute approximate surface area is 117 Å². The molecule has 2 unspecified atom stereocenters. The van der Waals surface area contributed by atoms with Gasteiger partial charge in [0.05, 0.1) is 5.92 Å². The average molecular weight is 264 g/mol. The molecule has 0 heterocycles. The van der Waals surface area contributed by atoms with E-state index in [4.69, 9.17) is 4.74 Å². The van der Waals surface area contributed by atoms with E-state index in [1.165, 1.54) is 19.3 Å². The first-order valence-electron chi connectivity index (χ1n) is 7.61. The molecule has 0 saturated heterocycles. The average Bonchev–Trinajstić information content (AvgIpc) is 2.21. The number of rotatable bonds is 3. The van der Waals surface area contributed by atoms with Crippen molar-refractivity contribution in [3.05, 3.63) is 11.1 Å². The number of carbonyl (C=O) groups excluding carboxylic acids is 1. The molecule has 2 nitrogen and oxygen atoms in total. The van der Waals surface area contributed by atoms with Gasteiger partial charge in [0.1, 0.15) is 5.60 Å². The molecular formula is C17H28O2. The molecule has 2 aliphatic carbocycles. The van der Waals surface area contributed by atoms with Crippen LogP contribution in [0.3, 0.4) is 0 Å². The van der Waals surface area contributed by atoms with Crippen LogP contribution in [0.1, 0.15) is 67.2 Å². The molecule has 2 atom stereocenters. The Bertz CT molecular complexity index is 417. The van der Waals surface area contributed by atoms with Crippen molar-refractivity contribution in [1.29, 1.82) is 0 Å². The van der Waals surface area contributed by atoms with Crippen molar-refractivity contribution >= 4 is 5.97 Å². The fourth-order valence-corrected chi connectivity index (χ4v) is 3.72. The molecule has 0 radical (unpaired) electrons. The van der Waals surface area contributed by atoms with Crippen LogP contribution in [0.2, 0.25) is 0 Å². The SMILES string of the molecule is CC1CC2=C(CC2)C(C)(C(C)(C)OC(=O)C(C)C)C1. The Morgan fingerprint density at radius 1 is 1.37 bits per heavy atom. The molecular weight excluding hydrogens is 236 g/mol. The van der Waals surface area contributed by atoms with E-state index in [2.05, 4.69) is 27.7 Å². The summed E-state index contributed by atoms with van der Waals surface area (Å²) >= 11 is 0. The van der Waals surface area contributed by atoms with Crippen molar-refractivity contribution in [1.82, 2.24) is 0 Å². The third-order valence-corrected chi connectivity index (χ3v) is 5.28. The Kier molecular flexibility index (Phi) is 3.57. The fraction of sp³-hybridized carbons (Fsp3) is 0.824. The van der Waals surface area contributed by atoms with Gasteiger partial charge in [0, 0.05) is 5.41 Å². The monoisotopic (exact) mass is 264 g/mol. The maximum absolute atomic E-state index is 12.0. The Hall–Kier alpha value is -0.790. The van der Waals surface area contributed by atoms with Crippen molar-refractivity contribution in [2.75, 3.05) is 0 Å². The minimum absolute atomic E-state index is 0.0167. The van der Waals surface area contributed by atoms with E-state index in [9.17, 15) is 4.79 Å². The zero-order chi connectivity index (χ0) is 14.4. The summed E-state index contributed by atoms with van der Waals surface area (Å²) in [5, 5.41) is 0. The summed E-state index contributed by atoms with van der Waals surface area (Å²) in [4.78, 5) is 12.0. The second-order valence-corrected chi connectivity index (χ2v) is 7.51. The standard InChI is InChI=1S/C17H28O2/c1-11(2)15(18)19-16(4,5)17(6)10-12(3)9-13-7-8-14(13)17/h11-12H,7-10H2,1-6H3.